The first-order valence-corrected chi connectivity index (χ1v) is 10.5. The van der Waals surface area contributed by atoms with Crippen molar-refractivity contribution in [2.75, 3.05) is 11.1 Å². The van der Waals surface area contributed by atoms with E-state index in [0.29, 0.717) is 14.0 Å². The average Bonchev–Trinajstić information content (AvgIpc) is 2.97. The van der Waals surface area contributed by atoms with Crippen molar-refractivity contribution in [1.82, 2.24) is 9.78 Å². The van der Waals surface area contributed by atoms with Gasteiger partial charge in [-0.05, 0) is 77.0 Å². The van der Waals surface area contributed by atoms with Crippen LogP contribution in [0.1, 0.15) is 5.56 Å². The summed E-state index contributed by atoms with van der Waals surface area (Å²) in [4.78, 5) is 12.2. The van der Waals surface area contributed by atoms with E-state index >= 15 is 0 Å². The highest BCUT2D eigenvalue weighted by Gasteiger charge is 2.11. The summed E-state index contributed by atoms with van der Waals surface area (Å²) in [6.45, 7) is 1.98. The lowest BCUT2D eigenvalue weighted by atomic mass is 10.2. The molecular weight excluding hydrogens is 457 g/mol. The Hall–Kier alpha value is -1.55. The molecule has 0 unspecified atom stereocenters. The van der Waals surface area contributed by atoms with Crippen LogP contribution in [-0.2, 0) is 4.79 Å². The number of aromatic nitrogens is 2. The minimum absolute atomic E-state index is 0.131. The van der Waals surface area contributed by atoms with E-state index in [1.54, 1.807) is 16.8 Å². The zero-order valence-electron chi connectivity index (χ0n) is 13.5. The molecule has 3 rings (SSSR count). The SMILES string of the molecule is Cc1ccc(NC(=O)CSc2nn(-c3ccc(F)cc3)c(=S)s2)c(Br)c1. The van der Waals surface area contributed by atoms with Gasteiger partial charge in [0.2, 0.25) is 5.91 Å². The molecule has 1 amide bonds. The molecule has 0 aliphatic heterocycles. The number of thioether (sulfide) groups is 1. The minimum atomic E-state index is -0.316. The highest BCUT2D eigenvalue weighted by molar-refractivity contribution is 9.10. The fourth-order valence-corrected chi connectivity index (χ4v) is 4.85. The maximum absolute atomic E-state index is 13.0. The lowest BCUT2D eigenvalue weighted by Gasteiger charge is -2.07. The van der Waals surface area contributed by atoms with Crippen LogP contribution in [0.15, 0.2) is 51.3 Å². The molecule has 4 nitrogen and oxygen atoms in total. The third-order valence-electron chi connectivity index (χ3n) is 3.33. The van der Waals surface area contributed by atoms with Crippen molar-refractivity contribution in [3.63, 3.8) is 0 Å². The van der Waals surface area contributed by atoms with Crippen molar-refractivity contribution in [3.8, 4) is 5.69 Å². The van der Waals surface area contributed by atoms with E-state index in [4.69, 9.17) is 12.2 Å². The Balaban J connectivity index is 1.64. The molecule has 3 aromatic rings. The molecule has 0 aliphatic carbocycles. The van der Waals surface area contributed by atoms with Gasteiger partial charge in [-0.15, -0.1) is 5.10 Å². The van der Waals surface area contributed by atoms with E-state index in [-0.39, 0.29) is 17.5 Å². The normalized spacial score (nSPS) is 10.7. The molecule has 1 heterocycles. The number of nitrogens with one attached hydrogen (secondary N) is 1. The Morgan fingerprint density at radius 1 is 1.35 bits per heavy atom. The second kappa shape index (κ2) is 8.43. The van der Waals surface area contributed by atoms with Gasteiger partial charge in [-0.2, -0.15) is 0 Å². The molecule has 0 radical (unpaired) electrons. The number of aryl methyl sites for hydroxylation is 1. The maximum Gasteiger partial charge on any atom is 0.234 e. The molecule has 0 atom stereocenters. The number of rotatable bonds is 5. The quantitative estimate of drug-likeness (QED) is 0.389. The average molecular weight is 470 g/mol. The van der Waals surface area contributed by atoms with Gasteiger partial charge in [0.05, 0.1) is 17.1 Å². The van der Waals surface area contributed by atoms with Gasteiger partial charge in [0.1, 0.15) is 5.82 Å². The Kier molecular flexibility index (Phi) is 6.23. The monoisotopic (exact) mass is 469 g/mol. The zero-order valence-corrected chi connectivity index (χ0v) is 17.6. The number of hydrogen-bond donors (Lipinski definition) is 1. The minimum Gasteiger partial charge on any atom is -0.324 e. The molecule has 134 valence electrons. The first kappa shape index (κ1) is 19.2. The summed E-state index contributed by atoms with van der Waals surface area (Å²) in [7, 11) is 0. The summed E-state index contributed by atoms with van der Waals surface area (Å²) in [6, 6.07) is 11.7. The predicted octanol–water partition coefficient (Wildman–Crippen LogP) is 5.60. The number of benzene rings is 2. The van der Waals surface area contributed by atoms with Crippen molar-refractivity contribution in [3.05, 3.63) is 62.3 Å². The number of carbonyl (C=O) groups is 1. The molecule has 26 heavy (non-hydrogen) atoms. The summed E-state index contributed by atoms with van der Waals surface area (Å²) < 4.78 is 16.7. The summed E-state index contributed by atoms with van der Waals surface area (Å²) in [5, 5.41) is 7.26. The molecular formula is C17H13BrFN3OS3. The lowest BCUT2D eigenvalue weighted by Crippen LogP contribution is -2.14. The van der Waals surface area contributed by atoms with E-state index in [2.05, 4.69) is 26.3 Å². The van der Waals surface area contributed by atoms with E-state index in [1.165, 1.54) is 35.2 Å². The van der Waals surface area contributed by atoms with Crippen LogP contribution >= 0.6 is 51.2 Å². The van der Waals surface area contributed by atoms with Crippen LogP contribution in [0.25, 0.3) is 5.69 Å². The molecule has 0 saturated carbocycles. The Labute approximate surface area is 171 Å². The van der Waals surface area contributed by atoms with E-state index in [9.17, 15) is 9.18 Å². The van der Waals surface area contributed by atoms with Gasteiger partial charge in [-0.25, -0.2) is 9.07 Å². The van der Waals surface area contributed by atoms with Crippen LogP contribution in [0, 0.1) is 16.7 Å². The largest absolute Gasteiger partial charge is 0.324 e. The second-order valence-corrected chi connectivity index (χ2v) is 9.04. The Morgan fingerprint density at radius 2 is 2.08 bits per heavy atom. The molecule has 9 heteroatoms. The summed E-state index contributed by atoms with van der Waals surface area (Å²) in [6.07, 6.45) is 0. The molecule has 2 aromatic carbocycles. The van der Waals surface area contributed by atoms with Crippen LogP contribution in [0.4, 0.5) is 10.1 Å². The van der Waals surface area contributed by atoms with Crippen LogP contribution in [0.3, 0.4) is 0 Å². The van der Waals surface area contributed by atoms with Crippen LogP contribution in [0.5, 0.6) is 0 Å². The number of nitrogens with zero attached hydrogens (tertiary/aromatic N) is 2. The summed E-state index contributed by atoms with van der Waals surface area (Å²) in [5.41, 5.74) is 2.52. The number of carbonyl (C=O) groups excluding carboxylic acids is 1. The van der Waals surface area contributed by atoms with Crippen molar-refractivity contribution in [1.29, 1.82) is 0 Å². The number of halogens is 2. The van der Waals surface area contributed by atoms with E-state index < -0.39 is 0 Å². The second-order valence-electron chi connectivity index (χ2n) is 5.34. The fourth-order valence-electron chi connectivity index (χ4n) is 2.10. The Bertz CT molecular complexity index is 1000. The number of amides is 1. The van der Waals surface area contributed by atoms with Crippen LogP contribution in [-0.4, -0.2) is 21.4 Å². The lowest BCUT2D eigenvalue weighted by molar-refractivity contribution is -0.113. The van der Waals surface area contributed by atoms with Crippen molar-refractivity contribution in [2.45, 2.75) is 11.3 Å². The van der Waals surface area contributed by atoms with E-state index in [1.807, 2.05) is 25.1 Å². The molecule has 0 bridgehead atoms. The summed E-state index contributed by atoms with van der Waals surface area (Å²) >= 11 is 11.4. The third kappa shape index (κ3) is 4.79. The summed E-state index contributed by atoms with van der Waals surface area (Å²) in [5.74, 6) is -0.232. The van der Waals surface area contributed by atoms with Crippen molar-refractivity contribution in [2.24, 2.45) is 0 Å². The predicted molar refractivity (Wildman–Crippen MR) is 110 cm³/mol. The third-order valence-corrected chi connectivity index (χ3v) is 6.35. The molecule has 1 N–H and O–H groups in total. The van der Waals surface area contributed by atoms with Gasteiger partial charge in [0.15, 0.2) is 8.29 Å². The van der Waals surface area contributed by atoms with Crippen molar-refractivity contribution < 1.29 is 9.18 Å². The zero-order chi connectivity index (χ0) is 18.7. The number of anilines is 1. The highest BCUT2D eigenvalue weighted by Crippen LogP contribution is 2.26. The van der Waals surface area contributed by atoms with Crippen molar-refractivity contribution >= 4 is 62.8 Å². The standard InChI is InChI=1S/C17H13BrFN3OS3/c1-10-2-7-14(13(18)8-10)20-15(23)9-25-16-21-22(17(24)26-16)12-5-3-11(19)4-6-12/h2-8H,9H2,1H3,(H,20,23). The van der Waals surface area contributed by atoms with Gasteiger partial charge in [-0.1, -0.05) is 29.2 Å². The molecule has 0 saturated heterocycles. The van der Waals surface area contributed by atoms with E-state index in [0.717, 1.165) is 15.7 Å². The van der Waals surface area contributed by atoms with Gasteiger partial charge in [0, 0.05) is 4.47 Å². The highest BCUT2D eigenvalue weighted by atomic mass is 79.9. The first-order valence-electron chi connectivity index (χ1n) is 7.47. The molecule has 0 spiro atoms. The fraction of sp³-hybridized carbons (Fsp3) is 0.118. The molecule has 0 fully saturated rings. The maximum atomic E-state index is 13.0. The van der Waals surface area contributed by atoms with Crippen LogP contribution < -0.4 is 5.32 Å². The van der Waals surface area contributed by atoms with Gasteiger partial charge >= 0.3 is 0 Å². The number of hydrogen-bond acceptors (Lipinski definition) is 5. The molecule has 0 aliphatic rings. The van der Waals surface area contributed by atoms with Gasteiger partial charge in [0.25, 0.3) is 0 Å². The molecule has 1 aromatic heterocycles. The smallest absolute Gasteiger partial charge is 0.234 e. The van der Waals surface area contributed by atoms with Gasteiger partial charge in [-0.3, -0.25) is 4.79 Å². The Morgan fingerprint density at radius 3 is 2.77 bits per heavy atom. The van der Waals surface area contributed by atoms with Crippen LogP contribution in [0.2, 0.25) is 0 Å². The first-order chi connectivity index (χ1) is 12.4. The topological polar surface area (TPSA) is 46.9 Å². The van der Waals surface area contributed by atoms with Gasteiger partial charge < -0.3 is 5.32 Å².